The molecule has 2 amide bonds. The molecule has 2 saturated heterocycles. The Kier molecular flexibility index (Phi) is 49.2. The van der Waals surface area contributed by atoms with Crippen molar-refractivity contribution in [2.45, 2.75) is 377 Å². The number of methoxy groups -OCH3 is 1. The molecule has 0 spiro atoms. The van der Waals surface area contributed by atoms with Gasteiger partial charge in [-0.3, -0.25) is 18.9 Å². The van der Waals surface area contributed by atoms with E-state index in [2.05, 4.69) is 38.3 Å². The molecule has 2 aliphatic rings. The van der Waals surface area contributed by atoms with Crippen LogP contribution in [0.2, 0.25) is 0 Å². The summed E-state index contributed by atoms with van der Waals surface area (Å²) < 4.78 is 61.1. The summed E-state index contributed by atoms with van der Waals surface area (Å²) in [4.78, 5) is 73.9. The first-order chi connectivity index (χ1) is 43.4. The summed E-state index contributed by atoms with van der Waals surface area (Å²) in [5.41, 5.74) is 0. The predicted molar refractivity (Wildman–Crippen MR) is 349 cm³/mol. The summed E-state index contributed by atoms with van der Waals surface area (Å²) in [7, 11) is -3.96. The minimum Gasteiger partial charge on any atom is -0.479 e. The summed E-state index contributed by atoms with van der Waals surface area (Å²) in [6, 6.07) is -2.83. The highest BCUT2D eigenvalue weighted by atomic mass is 31.2. The topological polar surface area (TPSA) is 305 Å². The number of aliphatic carboxylic acids is 1. The number of ether oxygens (including phenoxy) is 7. The van der Waals surface area contributed by atoms with E-state index in [9.17, 15) is 54.0 Å². The molecule has 0 saturated carbocycles. The van der Waals surface area contributed by atoms with Crippen molar-refractivity contribution in [3.63, 3.8) is 0 Å². The Labute approximate surface area is 542 Å². The number of hydrogen-bond acceptors (Lipinski definition) is 16. The number of hydrogen-bond donors (Lipinski definition) is 8. The Morgan fingerprint density at radius 2 is 0.967 bits per heavy atom. The van der Waals surface area contributed by atoms with Gasteiger partial charge in [-0.15, -0.1) is 0 Å². The molecular formula is C68H129N2O19P. The van der Waals surface area contributed by atoms with Crippen molar-refractivity contribution >= 4 is 31.6 Å². The summed E-state index contributed by atoms with van der Waals surface area (Å²) >= 11 is 0. The number of carbonyl (C=O) groups is 4. The molecule has 0 aliphatic carbocycles. The predicted octanol–water partition coefficient (Wildman–Crippen LogP) is 12.5. The molecule has 0 radical (unpaired) electrons. The first-order valence-electron chi connectivity index (χ1n) is 35.8. The van der Waals surface area contributed by atoms with Crippen LogP contribution in [0.25, 0.3) is 0 Å². The lowest BCUT2D eigenvalue weighted by molar-refractivity contribution is -0.290. The monoisotopic (exact) mass is 1310 g/mol. The number of aliphatic hydroxyl groups is 3. The van der Waals surface area contributed by atoms with E-state index in [-0.39, 0.29) is 51.5 Å². The molecule has 0 unspecified atom stereocenters. The van der Waals surface area contributed by atoms with E-state index in [1.807, 2.05) is 0 Å². The normalized spacial score (nSPS) is 23.1. The van der Waals surface area contributed by atoms with Crippen LogP contribution < -0.4 is 10.6 Å². The second-order valence-corrected chi connectivity index (χ2v) is 26.9. The van der Waals surface area contributed by atoms with E-state index in [0.717, 1.165) is 109 Å². The van der Waals surface area contributed by atoms with Crippen molar-refractivity contribution in [3.05, 3.63) is 0 Å². The molecule has 2 fully saturated rings. The van der Waals surface area contributed by atoms with E-state index < -0.39 is 112 Å². The van der Waals surface area contributed by atoms with Gasteiger partial charge < -0.3 is 74.0 Å². The minimum atomic E-state index is -5.30. The second kappa shape index (κ2) is 52.9. The lowest BCUT2D eigenvalue weighted by Gasteiger charge is -2.47. The van der Waals surface area contributed by atoms with Crippen LogP contribution in [-0.2, 0) is 61.4 Å². The van der Waals surface area contributed by atoms with Crippen molar-refractivity contribution in [2.75, 3.05) is 33.5 Å². The number of phosphoric acid groups is 1. The van der Waals surface area contributed by atoms with E-state index in [0.29, 0.717) is 32.1 Å². The van der Waals surface area contributed by atoms with Crippen LogP contribution in [0.5, 0.6) is 0 Å². The van der Waals surface area contributed by atoms with Gasteiger partial charge in [0.1, 0.15) is 48.8 Å². The lowest BCUT2D eigenvalue weighted by atomic mass is 9.91. The van der Waals surface area contributed by atoms with Crippen LogP contribution in [0.1, 0.15) is 298 Å². The highest BCUT2D eigenvalue weighted by molar-refractivity contribution is 7.46. The van der Waals surface area contributed by atoms with Gasteiger partial charge in [-0.25, -0.2) is 9.36 Å². The maximum Gasteiger partial charge on any atom is 0.470 e. The summed E-state index contributed by atoms with van der Waals surface area (Å²) in [5.74, 6) is -3.10. The number of carbonyl (C=O) groups excluding carboxylic acids is 3. The molecule has 2 rings (SSSR count). The third-order valence-electron chi connectivity index (χ3n) is 17.4. The smallest absolute Gasteiger partial charge is 0.470 e. The van der Waals surface area contributed by atoms with Gasteiger partial charge in [-0.1, -0.05) is 233 Å². The summed E-state index contributed by atoms with van der Waals surface area (Å²) in [6.07, 6.45) is 24.3. The molecule has 22 heteroatoms. The molecule has 8 N–H and O–H groups in total. The van der Waals surface area contributed by atoms with Crippen molar-refractivity contribution in [2.24, 2.45) is 0 Å². The Morgan fingerprint density at radius 1 is 0.511 bits per heavy atom. The summed E-state index contributed by atoms with van der Waals surface area (Å²) in [5, 5.41) is 50.1. The molecule has 21 nitrogen and oxygen atoms in total. The Balaban J connectivity index is 2.39. The van der Waals surface area contributed by atoms with Gasteiger partial charge in [0.2, 0.25) is 11.8 Å². The van der Waals surface area contributed by atoms with Gasteiger partial charge >= 0.3 is 19.8 Å². The molecule has 90 heavy (non-hydrogen) atoms. The molecule has 0 bridgehead atoms. The SMILES string of the molecule is CCCCCCCCCCCCCC(=O)O[C@H](CCCCCCCCCCC)CCO[C@@H]1[C@@H](NC(C)=O)[C@H](OC[C@H]2O[C@H](C(=O)O)[C@H](NC(=O)C[C@H](O)CCCCCCCCC)[C@@H](OCC[C@H](O)CCCCCCCCC)[C@@H]2O)O[C@H](COC)[C@H]1OP(=O)(O)O. The number of carboxylic acid groups (broad SMARTS) is 1. The number of amides is 2. The average molecular weight is 1310 g/mol. The number of unbranched alkanes of at least 4 members (excludes halogenated alkanes) is 30. The largest absolute Gasteiger partial charge is 0.479 e. The Bertz CT molecular complexity index is 1850. The highest BCUT2D eigenvalue weighted by Crippen LogP contribution is 2.43. The van der Waals surface area contributed by atoms with E-state index in [1.165, 1.54) is 110 Å². The van der Waals surface area contributed by atoms with Crippen LogP contribution in [0.4, 0.5) is 0 Å². The number of carboxylic acids is 1. The quantitative estimate of drug-likeness (QED) is 0.0159. The molecule has 2 aliphatic heterocycles. The molecule has 0 aromatic carbocycles. The van der Waals surface area contributed by atoms with Crippen LogP contribution in [0.3, 0.4) is 0 Å². The van der Waals surface area contributed by atoms with Crippen LogP contribution in [0, 0.1) is 0 Å². The number of esters is 1. The maximum atomic E-state index is 13.6. The first-order valence-corrected chi connectivity index (χ1v) is 37.3. The van der Waals surface area contributed by atoms with E-state index >= 15 is 0 Å². The van der Waals surface area contributed by atoms with E-state index in [4.69, 9.17) is 37.7 Å². The van der Waals surface area contributed by atoms with Gasteiger partial charge in [-0.2, -0.15) is 0 Å². The van der Waals surface area contributed by atoms with Crippen LogP contribution in [0.15, 0.2) is 0 Å². The molecular weight excluding hydrogens is 1180 g/mol. The Hall–Kier alpha value is -2.37. The molecule has 2 heterocycles. The van der Waals surface area contributed by atoms with Crippen molar-refractivity contribution in [1.29, 1.82) is 0 Å². The van der Waals surface area contributed by atoms with Gasteiger partial charge in [0.25, 0.3) is 0 Å². The fraction of sp³-hybridized carbons (Fsp3) is 0.941. The lowest BCUT2D eigenvalue weighted by Crippen LogP contribution is -2.68. The Morgan fingerprint density at radius 3 is 1.44 bits per heavy atom. The number of aliphatic hydroxyl groups excluding tert-OH is 3. The number of rotatable bonds is 59. The maximum absolute atomic E-state index is 13.6. The fourth-order valence-corrected chi connectivity index (χ4v) is 12.8. The fourth-order valence-electron chi connectivity index (χ4n) is 12.2. The van der Waals surface area contributed by atoms with Crippen LogP contribution >= 0.6 is 7.82 Å². The van der Waals surface area contributed by atoms with Crippen molar-refractivity contribution in [3.8, 4) is 0 Å². The molecule has 0 aromatic rings. The zero-order valence-corrected chi connectivity index (χ0v) is 57.7. The van der Waals surface area contributed by atoms with Gasteiger partial charge in [0, 0.05) is 33.5 Å². The van der Waals surface area contributed by atoms with Crippen LogP contribution in [-0.4, -0.2) is 167 Å². The zero-order valence-electron chi connectivity index (χ0n) is 56.8. The second-order valence-electron chi connectivity index (χ2n) is 25.7. The van der Waals surface area contributed by atoms with Gasteiger partial charge in [0.15, 0.2) is 12.4 Å². The van der Waals surface area contributed by atoms with Crippen molar-refractivity contribution in [1.82, 2.24) is 10.6 Å². The van der Waals surface area contributed by atoms with Crippen molar-refractivity contribution < 1.29 is 91.6 Å². The average Bonchev–Trinajstić information content (AvgIpc) is 0.872. The highest BCUT2D eigenvalue weighted by Gasteiger charge is 2.53. The number of phosphoric ester groups is 1. The van der Waals surface area contributed by atoms with E-state index in [1.54, 1.807) is 0 Å². The third-order valence-corrected chi connectivity index (χ3v) is 18.0. The standard InChI is InChI=1S/C68H129N2O19P/c1-7-11-15-19-23-25-26-28-32-36-40-44-59(75)86-55(43-39-35-31-27-24-20-16-12-8-2)46-48-84-65-61(69-52(5)71)68(88-57(50-82-6)63(65)89-90(79,80)81)85-51-56-62(76)64(83-47-45-53(72)41-37-33-29-21-17-13-9-3)60(66(87-56)67(77)78)70-58(74)49-54(73)42-38-34-30-22-18-14-10-4/h53-57,60-66,68,72-73,76H,7-51H2,1-6H3,(H,69,71)(H,70,74)(H,77,78)(H2,79,80,81)/t53-,54-,55-,56-,57-,60-,61-,62-,63-,64-,65-,66+,68-/m1/s1. The third kappa shape index (κ3) is 39.5. The molecule has 13 atom stereocenters. The minimum absolute atomic E-state index is 0.122. The van der Waals surface area contributed by atoms with Gasteiger partial charge in [-0.05, 0) is 38.5 Å². The zero-order chi connectivity index (χ0) is 66.2. The molecule has 530 valence electrons. The summed E-state index contributed by atoms with van der Waals surface area (Å²) in [6.45, 7) is 8.78. The first kappa shape index (κ1) is 83.7. The van der Waals surface area contributed by atoms with Gasteiger partial charge in [0.05, 0.1) is 44.5 Å². The number of nitrogens with one attached hydrogen (secondary N) is 2. The molecule has 0 aromatic heterocycles.